The molecule has 2 aromatic heterocycles. The van der Waals surface area contributed by atoms with E-state index in [1.807, 2.05) is 66.7 Å². The molecule has 6 nitrogen and oxygen atoms in total. The summed E-state index contributed by atoms with van der Waals surface area (Å²) >= 11 is 0. The molecule has 0 radical (unpaired) electrons. The number of nitrogens with zero attached hydrogens (tertiary/aromatic N) is 4. The van der Waals surface area contributed by atoms with Gasteiger partial charge in [-0.3, -0.25) is 4.90 Å². The molecular formula is C29H30N4O2. The van der Waals surface area contributed by atoms with Gasteiger partial charge in [0.15, 0.2) is 11.3 Å². The van der Waals surface area contributed by atoms with Crippen LogP contribution in [0.3, 0.4) is 0 Å². The van der Waals surface area contributed by atoms with Crippen molar-refractivity contribution in [2.24, 2.45) is 5.92 Å². The number of carbonyl (C=O) groups is 1. The summed E-state index contributed by atoms with van der Waals surface area (Å²) in [5.74, 6) is 0.0384. The van der Waals surface area contributed by atoms with Crippen LogP contribution in [-0.2, 0) is 4.74 Å². The number of esters is 1. The Morgan fingerprint density at radius 2 is 1.63 bits per heavy atom. The topological polar surface area (TPSA) is 59.7 Å². The molecule has 0 spiro atoms. The molecule has 6 heteroatoms. The quantitative estimate of drug-likeness (QED) is 0.364. The summed E-state index contributed by atoms with van der Waals surface area (Å²) < 4.78 is 7.59. The monoisotopic (exact) mass is 466 g/mol. The summed E-state index contributed by atoms with van der Waals surface area (Å²) in [5.41, 5.74) is 4.70. The molecule has 35 heavy (non-hydrogen) atoms. The first-order valence-corrected chi connectivity index (χ1v) is 12.7. The average molecular weight is 467 g/mol. The third kappa shape index (κ3) is 4.46. The van der Waals surface area contributed by atoms with Crippen molar-refractivity contribution in [2.45, 2.75) is 38.1 Å². The highest BCUT2D eigenvalue weighted by atomic mass is 16.5. The van der Waals surface area contributed by atoms with Gasteiger partial charge in [0.2, 0.25) is 0 Å². The van der Waals surface area contributed by atoms with E-state index in [0.29, 0.717) is 29.9 Å². The van der Waals surface area contributed by atoms with Gasteiger partial charge in [-0.2, -0.15) is 5.10 Å². The van der Waals surface area contributed by atoms with Gasteiger partial charge in [-0.25, -0.2) is 14.3 Å². The van der Waals surface area contributed by atoms with E-state index < -0.39 is 0 Å². The van der Waals surface area contributed by atoms with E-state index in [0.717, 1.165) is 28.9 Å². The number of benzene rings is 2. The van der Waals surface area contributed by atoms with E-state index in [4.69, 9.17) is 9.72 Å². The molecule has 0 bridgehead atoms. The molecule has 2 aromatic carbocycles. The van der Waals surface area contributed by atoms with Gasteiger partial charge >= 0.3 is 5.97 Å². The van der Waals surface area contributed by atoms with Crippen molar-refractivity contribution in [3.63, 3.8) is 0 Å². The van der Waals surface area contributed by atoms with E-state index in [-0.39, 0.29) is 5.97 Å². The summed E-state index contributed by atoms with van der Waals surface area (Å²) in [6, 6.07) is 24.5. The molecule has 0 unspecified atom stereocenters. The standard InChI is InChI=1S/C29H30N4O2/c34-29(35-20-23-14-9-17-32-16-8-7-15-26(23)32)25-19-28-30-24(21-10-3-1-4-11-21)18-27(33(28)31-25)22-12-5-2-6-13-22/h1-6,10-13,18-19,23,26H,7-9,14-17,20H2/t23-,26+/m1/s1. The van der Waals surface area contributed by atoms with Gasteiger partial charge in [0.1, 0.15) is 0 Å². The lowest BCUT2D eigenvalue weighted by Crippen LogP contribution is -2.49. The van der Waals surface area contributed by atoms with Crippen molar-refractivity contribution in [1.29, 1.82) is 0 Å². The number of fused-ring (bicyclic) bond motifs is 2. The SMILES string of the molecule is O=C(OC[C@H]1CCCN2CCCC[C@@H]12)c1cc2nc(-c3ccccc3)cc(-c3ccccc3)n2n1. The Morgan fingerprint density at radius 3 is 2.43 bits per heavy atom. The van der Waals surface area contributed by atoms with E-state index >= 15 is 0 Å². The molecule has 2 aliphatic rings. The maximum Gasteiger partial charge on any atom is 0.358 e. The van der Waals surface area contributed by atoms with Crippen LogP contribution in [0.4, 0.5) is 0 Å². The third-order valence-corrected chi connectivity index (χ3v) is 7.43. The minimum atomic E-state index is -0.372. The fraction of sp³-hybridized carbons (Fsp3) is 0.345. The van der Waals surface area contributed by atoms with E-state index in [9.17, 15) is 4.79 Å². The molecule has 0 amide bonds. The highest BCUT2D eigenvalue weighted by Gasteiger charge is 2.33. The van der Waals surface area contributed by atoms with Gasteiger partial charge in [-0.1, -0.05) is 67.1 Å². The highest BCUT2D eigenvalue weighted by molar-refractivity contribution is 5.89. The van der Waals surface area contributed by atoms with Crippen molar-refractivity contribution in [3.05, 3.63) is 78.5 Å². The second kappa shape index (κ2) is 9.62. The van der Waals surface area contributed by atoms with Crippen LogP contribution in [0.2, 0.25) is 0 Å². The van der Waals surface area contributed by atoms with Gasteiger partial charge in [0.05, 0.1) is 18.0 Å². The summed E-state index contributed by atoms with van der Waals surface area (Å²) in [6.45, 7) is 2.82. The Labute approximate surface area is 205 Å². The van der Waals surface area contributed by atoms with Crippen LogP contribution >= 0.6 is 0 Å². The zero-order valence-corrected chi connectivity index (χ0v) is 19.8. The van der Waals surface area contributed by atoms with Crippen LogP contribution in [0.1, 0.15) is 42.6 Å². The normalized spacial score (nSPS) is 20.5. The van der Waals surface area contributed by atoms with Gasteiger partial charge in [0.25, 0.3) is 0 Å². The molecule has 4 aromatic rings. The first-order valence-electron chi connectivity index (χ1n) is 12.7. The molecule has 178 valence electrons. The number of hydrogen-bond acceptors (Lipinski definition) is 5. The van der Waals surface area contributed by atoms with Crippen LogP contribution < -0.4 is 0 Å². The maximum atomic E-state index is 13.1. The minimum absolute atomic E-state index is 0.302. The summed E-state index contributed by atoms with van der Waals surface area (Å²) in [6.07, 6.45) is 6.07. The second-order valence-electron chi connectivity index (χ2n) is 9.66. The lowest BCUT2D eigenvalue weighted by Gasteiger charge is -2.44. The predicted molar refractivity (Wildman–Crippen MR) is 136 cm³/mol. The molecule has 0 N–H and O–H groups in total. The summed E-state index contributed by atoms with van der Waals surface area (Å²) in [5, 5.41) is 4.64. The van der Waals surface area contributed by atoms with E-state index in [1.54, 1.807) is 10.6 Å². The first kappa shape index (κ1) is 22.0. The smallest absolute Gasteiger partial charge is 0.358 e. The van der Waals surface area contributed by atoms with E-state index in [1.165, 1.54) is 38.8 Å². The minimum Gasteiger partial charge on any atom is -0.461 e. The fourth-order valence-electron chi connectivity index (χ4n) is 5.67. The number of aromatic nitrogens is 3. The Morgan fingerprint density at radius 1 is 0.886 bits per heavy atom. The predicted octanol–water partition coefficient (Wildman–Crippen LogP) is 5.48. The molecular weight excluding hydrogens is 436 g/mol. The Kier molecular flexibility index (Phi) is 6.05. The third-order valence-electron chi connectivity index (χ3n) is 7.43. The average Bonchev–Trinajstić information content (AvgIpc) is 3.37. The van der Waals surface area contributed by atoms with Crippen molar-refractivity contribution in [2.75, 3.05) is 19.7 Å². The van der Waals surface area contributed by atoms with Gasteiger partial charge < -0.3 is 4.74 Å². The highest BCUT2D eigenvalue weighted by Crippen LogP contribution is 2.31. The molecule has 2 aliphatic heterocycles. The zero-order chi connectivity index (χ0) is 23.6. The number of carbonyl (C=O) groups excluding carboxylic acids is 1. The second-order valence-corrected chi connectivity index (χ2v) is 9.66. The number of ether oxygens (including phenoxy) is 1. The molecule has 4 heterocycles. The number of piperidine rings is 2. The van der Waals surface area contributed by atoms with Gasteiger partial charge in [-0.15, -0.1) is 0 Å². The number of hydrogen-bond donors (Lipinski definition) is 0. The molecule has 0 saturated carbocycles. The molecule has 0 aliphatic carbocycles. The number of rotatable bonds is 5. The van der Waals surface area contributed by atoms with E-state index in [2.05, 4.69) is 10.00 Å². The Balaban J connectivity index is 1.29. The summed E-state index contributed by atoms with van der Waals surface area (Å²) in [4.78, 5) is 20.5. The lowest BCUT2D eigenvalue weighted by molar-refractivity contribution is 0.00700. The van der Waals surface area contributed by atoms with Crippen LogP contribution in [0.15, 0.2) is 72.8 Å². The molecule has 2 atom stereocenters. The lowest BCUT2D eigenvalue weighted by atomic mass is 9.84. The summed E-state index contributed by atoms with van der Waals surface area (Å²) in [7, 11) is 0. The first-order chi connectivity index (χ1) is 17.3. The van der Waals surface area contributed by atoms with Crippen molar-refractivity contribution in [3.8, 4) is 22.5 Å². The molecule has 2 saturated heterocycles. The van der Waals surface area contributed by atoms with Crippen LogP contribution in [0.5, 0.6) is 0 Å². The largest absolute Gasteiger partial charge is 0.461 e. The molecule has 6 rings (SSSR count). The van der Waals surface area contributed by atoms with Crippen LogP contribution in [0, 0.1) is 5.92 Å². The fourth-order valence-corrected chi connectivity index (χ4v) is 5.67. The Hall–Kier alpha value is -3.51. The Bertz CT molecular complexity index is 1320. The van der Waals surface area contributed by atoms with Crippen LogP contribution in [-0.4, -0.2) is 51.2 Å². The van der Waals surface area contributed by atoms with Gasteiger partial charge in [-0.05, 0) is 44.8 Å². The maximum absolute atomic E-state index is 13.1. The zero-order valence-electron chi connectivity index (χ0n) is 19.8. The van der Waals surface area contributed by atoms with Crippen molar-refractivity contribution < 1.29 is 9.53 Å². The molecule has 2 fully saturated rings. The van der Waals surface area contributed by atoms with Crippen molar-refractivity contribution in [1.82, 2.24) is 19.5 Å². The van der Waals surface area contributed by atoms with Gasteiger partial charge in [0, 0.05) is 29.2 Å². The van der Waals surface area contributed by atoms with Crippen LogP contribution in [0.25, 0.3) is 28.2 Å². The van der Waals surface area contributed by atoms with Crippen molar-refractivity contribution >= 4 is 11.6 Å².